The predicted octanol–water partition coefficient (Wildman–Crippen LogP) is 3.54. The molecule has 0 saturated heterocycles. The fraction of sp³-hybridized carbons (Fsp3) is 0.316. The first-order valence-corrected chi connectivity index (χ1v) is 8.86. The highest BCUT2D eigenvalue weighted by Crippen LogP contribution is 2.20. The Morgan fingerprint density at radius 2 is 1.54 bits per heavy atom. The highest BCUT2D eigenvalue weighted by molar-refractivity contribution is 8.00. The van der Waals surface area contributed by atoms with Crippen molar-refractivity contribution in [2.24, 2.45) is 0 Å². The number of nitrogens with one attached hydrogen (secondary N) is 1. The van der Waals surface area contributed by atoms with Crippen LogP contribution in [0.4, 0.5) is 0 Å². The number of hydrogen-bond acceptors (Lipinski definition) is 4. The van der Waals surface area contributed by atoms with Crippen molar-refractivity contribution in [3.8, 4) is 11.5 Å². The number of aryl methyl sites for hydroxylation is 1. The van der Waals surface area contributed by atoms with E-state index in [1.54, 1.807) is 14.2 Å². The second-order valence-corrected chi connectivity index (χ2v) is 6.31. The lowest BCUT2D eigenvalue weighted by atomic mass is 10.1. The molecule has 0 saturated carbocycles. The third-order valence-corrected chi connectivity index (χ3v) is 4.56. The van der Waals surface area contributed by atoms with Gasteiger partial charge in [-0.1, -0.05) is 12.1 Å². The van der Waals surface area contributed by atoms with Crippen LogP contribution in [0.1, 0.15) is 12.0 Å². The number of thioether (sulfide) groups is 1. The Kier molecular flexibility index (Phi) is 7.49. The number of rotatable bonds is 9. The summed E-state index contributed by atoms with van der Waals surface area (Å²) in [4.78, 5) is 12.9. The van der Waals surface area contributed by atoms with Gasteiger partial charge in [-0.25, -0.2) is 0 Å². The first-order valence-electron chi connectivity index (χ1n) is 7.88. The summed E-state index contributed by atoms with van der Waals surface area (Å²) in [6, 6.07) is 15.7. The van der Waals surface area contributed by atoms with Crippen molar-refractivity contribution in [1.82, 2.24) is 5.32 Å². The molecule has 4 nitrogen and oxygen atoms in total. The predicted molar refractivity (Wildman–Crippen MR) is 98.0 cm³/mol. The molecule has 2 aromatic carbocycles. The molecule has 5 heteroatoms. The topological polar surface area (TPSA) is 47.6 Å². The zero-order chi connectivity index (χ0) is 17.2. The van der Waals surface area contributed by atoms with Crippen molar-refractivity contribution in [2.75, 3.05) is 26.5 Å². The minimum atomic E-state index is 0.0607. The second-order valence-electron chi connectivity index (χ2n) is 5.27. The van der Waals surface area contributed by atoms with Crippen molar-refractivity contribution in [3.05, 3.63) is 54.1 Å². The summed E-state index contributed by atoms with van der Waals surface area (Å²) in [5.41, 5.74) is 1.25. The van der Waals surface area contributed by atoms with E-state index in [1.807, 2.05) is 36.4 Å². The normalized spacial score (nSPS) is 10.2. The van der Waals surface area contributed by atoms with Gasteiger partial charge in [0.1, 0.15) is 11.5 Å². The number of benzene rings is 2. The standard InChI is InChI=1S/C19H23NO3S/c1-22-16-7-5-15(6-8-16)4-3-13-20-19(21)14-24-18-11-9-17(23-2)10-12-18/h5-12H,3-4,13-14H2,1-2H3,(H,20,21). The summed E-state index contributed by atoms with van der Waals surface area (Å²) < 4.78 is 10.3. The van der Waals surface area contributed by atoms with E-state index in [-0.39, 0.29) is 5.91 Å². The molecule has 0 aliphatic rings. The number of amides is 1. The van der Waals surface area contributed by atoms with Crippen molar-refractivity contribution < 1.29 is 14.3 Å². The summed E-state index contributed by atoms with van der Waals surface area (Å²) in [6.07, 6.45) is 1.86. The van der Waals surface area contributed by atoms with E-state index in [1.165, 1.54) is 17.3 Å². The Balaban J connectivity index is 1.62. The Hall–Kier alpha value is -2.14. The van der Waals surface area contributed by atoms with E-state index in [0.29, 0.717) is 12.3 Å². The summed E-state index contributed by atoms with van der Waals surface area (Å²) in [7, 11) is 3.30. The maximum Gasteiger partial charge on any atom is 0.230 e. The zero-order valence-electron chi connectivity index (χ0n) is 14.1. The monoisotopic (exact) mass is 345 g/mol. The molecule has 24 heavy (non-hydrogen) atoms. The number of ether oxygens (including phenoxy) is 2. The molecule has 2 aromatic rings. The smallest absolute Gasteiger partial charge is 0.230 e. The summed E-state index contributed by atoms with van der Waals surface area (Å²) >= 11 is 1.52. The largest absolute Gasteiger partial charge is 0.497 e. The minimum Gasteiger partial charge on any atom is -0.497 e. The van der Waals surface area contributed by atoms with E-state index in [9.17, 15) is 4.79 Å². The highest BCUT2D eigenvalue weighted by atomic mass is 32.2. The molecule has 0 atom stereocenters. The van der Waals surface area contributed by atoms with Crippen molar-refractivity contribution >= 4 is 17.7 Å². The molecule has 2 rings (SSSR count). The zero-order valence-corrected chi connectivity index (χ0v) is 14.9. The quantitative estimate of drug-likeness (QED) is 0.558. The first-order chi connectivity index (χ1) is 11.7. The van der Waals surface area contributed by atoms with Gasteiger partial charge in [0.15, 0.2) is 0 Å². The van der Waals surface area contributed by atoms with Crippen LogP contribution in [0.2, 0.25) is 0 Å². The third kappa shape index (κ3) is 6.16. The minimum absolute atomic E-state index is 0.0607. The van der Waals surface area contributed by atoms with Crippen LogP contribution in [0.15, 0.2) is 53.4 Å². The van der Waals surface area contributed by atoms with E-state index < -0.39 is 0 Å². The second kappa shape index (κ2) is 9.88. The molecule has 0 spiro atoms. The summed E-state index contributed by atoms with van der Waals surface area (Å²) in [5, 5.41) is 2.96. The van der Waals surface area contributed by atoms with Gasteiger partial charge in [0.2, 0.25) is 5.91 Å². The Morgan fingerprint density at radius 1 is 0.958 bits per heavy atom. The molecule has 128 valence electrons. The first kappa shape index (κ1) is 18.2. The Labute approximate surface area is 147 Å². The van der Waals surface area contributed by atoms with Gasteiger partial charge >= 0.3 is 0 Å². The van der Waals surface area contributed by atoms with Crippen molar-refractivity contribution in [3.63, 3.8) is 0 Å². The number of methoxy groups -OCH3 is 2. The molecule has 1 amide bonds. The molecule has 0 fully saturated rings. The average Bonchev–Trinajstić information content (AvgIpc) is 2.64. The molecule has 0 heterocycles. The fourth-order valence-electron chi connectivity index (χ4n) is 2.18. The van der Waals surface area contributed by atoms with Gasteiger partial charge in [0.25, 0.3) is 0 Å². The van der Waals surface area contributed by atoms with Gasteiger partial charge in [-0.15, -0.1) is 11.8 Å². The fourth-order valence-corrected chi connectivity index (χ4v) is 2.91. The van der Waals surface area contributed by atoms with Gasteiger partial charge in [0, 0.05) is 11.4 Å². The molecule has 0 unspecified atom stereocenters. The van der Waals surface area contributed by atoms with Gasteiger partial charge in [-0.3, -0.25) is 4.79 Å². The number of carbonyl (C=O) groups excluding carboxylic acids is 1. The van der Waals surface area contributed by atoms with Crippen LogP contribution >= 0.6 is 11.8 Å². The highest BCUT2D eigenvalue weighted by Gasteiger charge is 2.03. The van der Waals surface area contributed by atoms with Crippen molar-refractivity contribution in [1.29, 1.82) is 0 Å². The lowest BCUT2D eigenvalue weighted by Gasteiger charge is -2.06. The molecule has 0 aliphatic heterocycles. The van der Waals surface area contributed by atoms with Crippen LogP contribution in [0.5, 0.6) is 11.5 Å². The van der Waals surface area contributed by atoms with E-state index in [2.05, 4.69) is 17.4 Å². The SMILES string of the molecule is COc1ccc(CCCNC(=O)CSc2ccc(OC)cc2)cc1. The molecule has 0 bridgehead atoms. The number of hydrogen-bond donors (Lipinski definition) is 1. The van der Waals surface area contributed by atoms with Crippen LogP contribution in [0.25, 0.3) is 0 Å². The van der Waals surface area contributed by atoms with E-state index >= 15 is 0 Å². The molecule has 0 aromatic heterocycles. The summed E-state index contributed by atoms with van der Waals surface area (Å²) in [6.45, 7) is 0.689. The van der Waals surface area contributed by atoms with E-state index in [4.69, 9.17) is 9.47 Å². The molecular weight excluding hydrogens is 322 g/mol. The van der Waals surface area contributed by atoms with Gasteiger partial charge in [-0.2, -0.15) is 0 Å². The Bertz CT molecular complexity index is 626. The van der Waals surface area contributed by atoms with Crippen LogP contribution in [0.3, 0.4) is 0 Å². The van der Waals surface area contributed by atoms with Crippen LogP contribution in [-0.2, 0) is 11.2 Å². The lowest BCUT2D eigenvalue weighted by molar-refractivity contribution is -0.118. The van der Waals surface area contributed by atoms with Crippen molar-refractivity contribution in [2.45, 2.75) is 17.7 Å². The van der Waals surface area contributed by atoms with Gasteiger partial charge in [0.05, 0.1) is 20.0 Å². The van der Waals surface area contributed by atoms with Crippen LogP contribution in [-0.4, -0.2) is 32.4 Å². The Morgan fingerprint density at radius 3 is 2.12 bits per heavy atom. The number of carbonyl (C=O) groups is 1. The third-order valence-electron chi connectivity index (χ3n) is 3.55. The van der Waals surface area contributed by atoms with Crippen LogP contribution < -0.4 is 14.8 Å². The van der Waals surface area contributed by atoms with E-state index in [0.717, 1.165) is 29.2 Å². The van der Waals surface area contributed by atoms with Crippen LogP contribution in [0, 0.1) is 0 Å². The summed E-state index contributed by atoms with van der Waals surface area (Å²) in [5.74, 6) is 2.17. The van der Waals surface area contributed by atoms with Gasteiger partial charge < -0.3 is 14.8 Å². The molecule has 1 N–H and O–H groups in total. The average molecular weight is 345 g/mol. The molecule has 0 radical (unpaired) electrons. The molecular formula is C19H23NO3S. The maximum atomic E-state index is 11.9. The maximum absolute atomic E-state index is 11.9. The lowest BCUT2D eigenvalue weighted by Crippen LogP contribution is -2.26. The van der Waals surface area contributed by atoms with Gasteiger partial charge in [-0.05, 0) is 54.8 Å². The molecule has 0 aliphatic carbocycles.